The van der Waals surface area contributed by atoms with Crippen LogP contribution in [-0.2, 0) is 4.74 Å². The van der Waals surface area contributed by atoms with Crippen LogP contribution < -0.4 is 0 Å². The minimum Gasteiger partial charge on any atom is -0.364 e. The summed E-state index contributed by atoms with van der Waals surface area (Å²) in [5, 5.41) is 0.490. The topological polar surface area (TPSA) is 12.5 Å². The molecule has 0 aromatic carbocycles. The van der Waals surface area contributed by atoms with Crippen LogP contribution in [0.2, 0.25) is 0 Å². The summed E-state index contributed by atoms with van der Waals surface area (Å²) in [5.74, 6) is 0. The van der Waals surface area contributed by atoms with Gasteiger partial charge in [-0.15, -0.1) is 9.60 Å². The van der Waals surface area contributed by atoms with Crippen molar-refractivity contribution in [1.82, 2.24) is 5.12 Å². The highest BCUT2D eigenvalue weighted by atomic mass is 19.2. The molecule has 0 saturated heterocycles. The molecule has 0 aliphatic heterocycles. The summed E-state index contributed by atoms with van der Waals surface area (Å²) in [6, 6.07) is 0. The zero-order valence-corrected chi connectivity index (χ0v) is 4.65. The second-order valence-corrected chi connectivity index (χ2v) is 1.23. The van der Waals surface area contributed by atoms with Gasteiger partial charge in [-0.2, -0.15) is 0 Å². The Balaban J connectivity index is 2.68. The van der Waals surface area contributed by atoms with Gasteiger partial charge in [-0.25, -0.2) is 0 Å². The lowest BCUT2D eigenvalue weighted by molar-refractivity contribution is -0.0603. The largest absolute Gasteiger partial charge is 0.364 e. The highest BCUT2D eigenvalue weighted by Crippen LogP contribution is 1.80. The van der Waals surface area contributed by atoms with E-state index in [2.05, 4.69) is 4.74 Å². The lowest BCUT2D eigenvalue weighted by atomic mass is 10.9. The summed E-state index contributed by atoms with van der Waals surface area (Å²) in [7, 11) is 1.32. The lowest BCUT2D eigenvalue weighted by Gasteiger charge is -2.01. The van der Waals surface area contributed by atoms with Crippen LogP contribution in [0.25, 0.3) is 0 Å². The van der Waals surface area contributed by atoms with E-state index in [0.717, 1.165) is 0 Å². The molecule has 0 heterocycles. The average molecular weight is 107 g/mol. The first-order chi connectivity index (χ1) is 3.27. The third kappa shape index (κ3) is 5.85. The van der Waals surface area contributed by atoms with Crippen molar-refractivity contribution >= 4 is 0 Å². The molecule has 0 bridgehead atoms. The van der Waals surface area contributed by atoms with E-state index in [1.54, 1.807) is 0 Å². The minimum atomic E-state index is 0.0660. The van der Waals surface area contributed by atoms with Gasteiger partial charge in [0.1, 0.15) is 6.73 Å². The van der Waals surface area contributed by atoms with Crippen molar-refractivity contribution in [3.05, 3.63) is 0 Å². The predicted molar refractivity (Wildman–Crippen MR) is 25.4 cm³/mol. The van der Waals surface area contributed by atoms with E-state index in [9.17, 15) is 4.48 Å². The zero-order chi connectivity index (χ0) is 5.70. The zero-order valence-electron chi connectivity index (χ0n) is 4.65. The van der Waals surface area contributed by atoms with Crippen molar-refractivity contribution in [3.63, 3.8) is 0 Å². The summed E-state index contributed by atoms with van der Waals surface area (Å²) >= 11 is 0. The lowest BCUT2D eigenvalue weighted by Crippen LogP contribution is -2.10. The number of halogens is 1. The Bertz CT molecular complexity index is 40.7. The molecule has 44 valence electrons. The quantitative estimate of drug-likeness (QED) is 0.390. The fourth-order valence-corrected chi connectivity index (χ4v) is 0.217. The third-order valence-corrected chi connectivity index (χ3v) is 0.473. The van der Waals surface area contributed by atoms with Gasteiger partial charge in [-0.05, 0) is 6.92 Å². The molecule has 0 unspecified atom stereocenters. The molecular formula is C4H10FNO. The highest BCUT2D eigenvalue weighted by Gasteiger charge is 1.87. The molecule has 0 rings (SSSR count). The maximum atomic E-state index is 11.6. The van der Waals surface area contributed by atoms with Gasteiger partial charge in [0.15, 0.2) is 0 Å². The Morgan fingerprint density at radius 1 is 1.71 bits per heavy atom. The Kier molecular flexibility index (Phi) is 3.93. The van der Waals surface area contributed by atoms with Gasteiger partial charge >= 0.3 is 0 Å². The van der Waals surface area contributed by atoms with Crippen LogP contribution in [0.15, 0.2) is 0 Å². The van der Waals surface area contributed by atoms with Crippen molar-refractivity contribution in [3.8, 4) is 0 Å². The van der Waals surface area contributed by atoms with Crippen LogP contribution in [0.1, 0.15) is 6.92 Å². The SMILES string of the molecule is CCOCN(C)F. The minimum absolute atomic E-state index is 0.0660. The van der Waals surface area contributed by atoms with E-state index in [-0.39, 0.29) is 6.73 Å². The Labute approximate surface area is 42.8 Å². The number of hydrogen-bond donors (Lipinski definition) is 0. The maximum absolute atomic E-state index is 11.6. The Hall–Kier alpha value is -0.150. The second kappa shape index (κ2) is 4.02. The molecule has 0 aliphatic rings. The molecule has 2 nitrogen and oxygen atoms in total. The van der Waals surface area contributed by atoms with Crippen LogP contribution >= 0.6 is 0 Å². The first kappa shape index (κ1) is 6.85. The summed E-state index contributed by atoms with van der Waals surface area (Å²) in [6.07, 6.45) is 0. The standard InChI is InChI=1S/C4H10FNO/c1-3-7-4-6(2)5/h3-4H2,1-2H3. The average Bonchev–Trinajstić information content (AvgIpc) is 1.61. The molecule has 0 aliphatic carbocycles. The predicted octanol–water partition coefficient (Wildman–Crippen LogP) is 0.797. The van der Waals surface area contributed by atoms with Crippen LogP contribution in [0.5, 0.6) is 0 Å². The van der Waals surface area contributed by atoms with E-state index in [0.29, 0.717) is 11.7 Å². The maximum Gasteiger partial charge on any atom is 0.126 e. The molecule has 0 aromatic rings. The summed E-state index contributed by atoms with van der Waals surface area (Å²) in [6.45, 7) is 2.45. The van der Waals surface area contributed by atoms with Gasteiger partial charge in [0.25, 0.3) is 0 Å². The highest BCUT2D eigenvalue weighted by molar-refractivity contribution is 4.14. The molecule has 0 atom stereocenters. The Morgan fingerprint density at radius 2 is 2.29 bits per heavy atom. The number of hydrogen-bond acceptors (Lipinski definition) is 2. The van der Waals surface area contributed by atoms with Crippen molar-refractivity contribution < 1.29 is 9.22 Å². The van der Waals surface area contributed by atoms with Crippen LogP contribution in [-0.4, -0.2) is 25.5 Å². The number of nitrogens with zero attached hydrogens (tertiary/aromatic N) is 1. The molecule has 3 heteroatoms. The molecule has 0 radical (unpaired) electrons. The molecule has 0 amide bonds. The second-order valence-electron chi connectivity index (χ2n) is 1.23. The third-order valence-electron chi connectivity index (χ3n) is 0.473. The molecule has 0 saturated carbocycles. The first-order valence-electron chi connectivity index (χ1n) is 2.22. The van der Waals surface area contributed by atoms with Gasteiger partial charge in [-0.1, -0.05) is 0 Å². The van der Waals surface area contributed by atoms with E-state index in [1.165, 1.54) is 7.05 Å². The number of rotatable bonds is 3. The van der Waals surface area contributed by atoms with Crippen molar-refractivity contribution in [1.29, 1.82) is 0 Å². The first-order valence-corrected chi connectivity index (χ1v) is 2.22. The van der Waals surface area contributed by atoms with Crippen LogP contribution in [0.4, 0.5) is 4.48 Å². The summed E-state index contributed by atoms with van der Waals surface area (Å²) in [4.78, 5) is 0. The smallest absolute Gasteiger partial charge is 0.126 e. The van der Waals surface area contributed by atoms with Crippen molar-refractivity contribution in [2.24, 2.45) is 0 Å². The molecular weight excluding hydrogens is 97.0 g/mol. The van der Waals surface area contributed by atoms with Crippen LogP contribution in [0, 0.1) is 0 Å². The molecule has 0 N–H and O–H groups in total. The van der Waals surface area contributed by atoms with Gasteiger partial charge in [0.05, 0.1) is 0 Å². The molecule has 7 heavy (non-hydrogen) atoms. The normalized spacial score (nSPS) is 10.3. The van der Waals surface area contributed by atoms with E-state index in [4.69, 9.17) is 0 Å². The van der Waals surface area contributed by atoms with Gasteiger partial charge in [-0.3, -0.25) is 0 Å². The van der Waals surface area contributed by atoms with Crippen molar-refractivity contribution in [2.45, 2.75) is 6.92 Å². The van der Waals surface area contributed by atoms with E-state index in [1.807, 2.05) is 6.92 Å². The van der Waals surface area contributed by atoms with Gasteiger partial charge in [0, 0.05) is 13.7 Å². The summed E-state index contributed by atoms with van der Waals surface area (Å²) in [5.41, 5.74) is 0. The van der Waals surface area contributed by atoms with E-state index < -0.39 is 0 Å². The number of ether oxygens (including phenoxy) is 1. The van der Waals surface area contributed by atoms with Crippen molar-refractivity contribution in [2.75, 3.05) is 20.4 Å². The molecule has 0 spiro atoms. The van der Waals surface area contributed by atoms with Gasteiger partial charge in [0.2, 0.25) is 0 Å². The Morgan fingerprint density at radius 3 is 2.43 bits per heavy atom. The molecule has 0 aromatic heterocycles. The van der Waals surface area contributed by atoms with Gasteiger partial charge < -0.3 is 4.74 Å². The fourth-order valence-electron chi connectivity index (χ4n) is 0.217. The van der Waals surface area contributed by atoms with Crippen LogP contribution in [0.3, 0.4) is 0 Å². The summed E-state index contributed by atoms with van der Waals surface area (Å²) < 4.78 is 16.2. The fraction of sp³-hybridized carbons (Fsp3) is 1.00. The monoisotopic (exact) mass is 107 g/mol. The molecule has 0 fully saturated rings. The van der Waals surface area contributed by atoms with E-state index >= 15 is 0 Å².